The smallest absolute Gasteiger partial charge is 0.175 e. The highest BCUT2D eigenvalue weighted by Gasteiger charge is 2.06. The van der Waals surface area contributed by atoms with Gasteiger partial charge in [-0.2, -0.15) is 0 Å². The monoisotopic (exact) mass is 370 g/mol. The second-order valence-electron chi connectivity index (χ2n) is 5.00. The minimum atomic E-state index is 0.526. The van der Waals surface area contributed by atoms with E-state index >= 15 is 0 Å². The summed E-state index contributed by atoms with van der Waals surface area (Å²) in [6, 6.07) is 25.8. The molecule has 0 saturated carbocycles. The third-order valence-electron chi connectivity index (χ3n) is 3.19. The predicted octanol–water partition coefficient (Wildman–Crippen LogP) is 6.30. The molecule has 0 atom stereocenters. The van der Waals surface area contributed by atoms with Gasteiger partial charge in [0.2, 0.25) is 0 Å². The zero-order valence-corrected chi connectivity index (χ0v) is 15.1. The van der Waals surface area contributed by atoms with E-state index in [1.165, 1.54) is 4.90 Å². The molecule has 0 aliphatic rings. The van der Waals surface area contributed by atoms with Gasteiger partial charge in [0.25, 0.3) is 0 Å². The summed E-state index contributed by atoms with van der Waals surface area (Å²) in [6.45, 7) is 0. The summed E-state index contributed by atoms with van der Waals surface area (Å²) in [5.74, 6) is 0. The van der Waals surface area contributed by atoms with E-state index in [1.54, 1.807) is 11.8 Å². The Morgan fingerprint density at radius 1 is 0.833 bits per heavy atom. The fraction of sp³-hybridized carbons (Fsp3) is 0. The topological polar surface area (TPSA) is 24.1 Å². The van der Waals surface area contributed by atoms with Gasteiger partial charge < -0.3 is 10.6 Å². The van der Waals surface area contributed by atoms with Gasteiger partial charge in [0.15, 0.2) is 5.11 Å². The lowest BCUT2D eigenvalue weighted by atomic mass is 10.3. The number of rotatable bonds is 4. The number of para-hydroxylation sites is 1. The Bertz CT molecular complexity index is 838. The standard InChI is InChI=1S/C19H15ClN2S2/c20-14-7-6-8-15(13-14)21-19(23)22-17-11-4-5-12-18(17)24-16-9-2-1-3-10-16/h1-13H,(H2,21,22,23). The normalized spacial score (nSPS) is 10.2. The Balaban J connectivity index is 1.72. The summed E-state index contributed by atoms with van der Waals surface area (Å²) >= 11 is 13.1. The summed E-state index contributed by atoms with van der Waals surface area (Å²) in [6.07, 6.45) is 0. The number of hydrogen-bond donors (Lipinski definition) is 2. The van der Waals surface area contributed by atoms with Crippen LogP contribution in [0, 0.1) is 0 Å². The lowest BCUT2D eigenvalue weighted by Crippen LogP contribution is -2.19. The van der Waals surface area contributed by atoms with E-state index in [2.05, 4.69) is 28.8 Å². The molecular weight excluding hydrogens is 356 g/mol. The van der Waals surface area contributed by atoms with Crippen LogP contribution in [0.25, 0.3) is 0 Å². The van der Waals surface area contributed by atoms with Crippen molar-refractivity contribution in [2.75, 3.05) is 10.6 Å². The first-order chi connectivity index (χ1) is 11.7. The molecule has 3 aromatic carbocycles. The number of nitrogens with one attached hydrogen (secondary N) is 2. The molecule has 5 heteroatoms. The molecule has 0 fully saturated rings. The first kappa shape index (κ1) is 16.8. The molecule has 2 N–H and O–H groups in total. The maximum atomic E-state index is 6.00. The highest BCUT2D eigenvalue weighted by Crippen LogP contribution is 2.33. The molecular formula is C19H15ClN2S2. The number of hydrogen-bond acceptors (Lipinski definition) is 2. The summed E-state index contributed by atoms with van der Waals surface area (Å²) in [4.78, 5) is 2.29. The van der Waals surface area contributed by atoms with E-state index in [4.69, 9.17) is 23.8 Å². The lowest BCUT2D eigenvalue weighted by molar-refractivity contribution is 1.40. The fourth-order valence-corrected chi connectivity index (χ4v) is 3.47. The van der Waals surface area contributed by atoms with Crippen molar-refractivity contribution in [2.45, 2.75) is 9.79 Å². The highest BCUT2D eigenvalue weighted by molar-refractivity contribution is 7.99. The maximum absolute atomic E-state index is 6.00. The molecule has 2 nitrogen and oxygen atoms in total. The molecule has 0 aliphatic carbocycles. The van der Waals surface area contributed by atoms with Crippen LogP contribution in [0.2, 0.25) is 5.02 Å². The zero-order chi connectivity index (χ0) is 16.8. The number of thiocarbonyl (C=S) groups is 1. The predicted molar refractivity (Wildman–Crippen MR) is 108 cm³/mol. The van der Waals surface area contributed by atoms with E-state index in [0.717, 1.165) is 16.3 Å². The van der Waals surface area contributed by atoms with E-state index in [-0.39, 0.29) is 0 Å². The molecule has 0 radical (unpaired) electrons. The second-order valence-corrected chi connectivity index (χ2v) is 6.96. The molecule has 0 aliphatic heterocycles. The Labute approximate surface area is 156 Å². The van der Waals surface area contributed by atoms with Gasteiger partial charge in [0.1, 0.15) is 0 Å². The quantitative estimate of drug-likeness (QED) is 0.526. The van der Waals surface area contributed by atoms with Crippen LogP contribution in [-0.2, 0) is 0 Å². The van der Waals surface area contributed by atoms with E-state index < -0.39 is 0 Å². The van der Waals surface area contributed by atoms with Crippen LogP contribution in [0.3, 0.4) is 0 Å². The molecule has 120 valence electrons. The van der Waals surface area contributed by atoms with Crippen molar-refractivity contribution in [3.63, 3.8) is 0 Å². The van der Waals surface area contributed by atoms with E-state index in [1.807, 2.05) is 60.7 Å². The molecule has 0 spiro atoms. The number of benzene rings is 3. The molecule has 0 aromatic heterocycles. The Morgan fingerprint density at radius 2 is 1.58 bits per heavy atom. The van der Waals surface area contributed by atoms with Crippen LogP contribution in [0.15, 0.2) is 88.7 Å². The maximum Gasteiger partial charge on any atom is 0.175 e. The van der Waals surface area contributed by atoms with E-state index in [0.29, 0.717) is 10.1 Å². The molecule has 0 saturated heterocycles. The van der Waals surface area contributed by atoms with Gasteiger partial charge in [-0.05, 0) is 54.7 Å². The van der Waals surface area contributed by atoms with Crippen molar-refractivity contribution in [3.8, 4) is 0 Å². The number of anilines is 2. The van der Waals surface area contributed by atoms with Crippen molar-refractivity contribution in [1.82, 2.24) is 0 Å². The first-order valence-corrected chi connectivity index (χ1v) is 8.96. The van der Waals surface area contributed by atoms with Crippen LogP contribution in [0.4, 0.5) is 11.4 Å². The highest BCUT2D eigenvalue weighted by atomic mass is 35.5. The largest absolute Gasteiger partial charge is 0.332 e. The van der Waals surface area contributed by atoms with Gasteiger partial charge in [-0.25, -0.2) is 0 Å². The van der Waals surface area contributed by atoms with Gasteiger partial charge in [0.05, 0.1) is 5.69 Å². The lowest BCUT2D eigenvalue weighted by Gasteiger charge is -2.14. The molecule has 0 bridgehead atoms. The summed E-state index contributed by atoms with van der Waals surface area (Å²) < 4.78 is 0. The van der Waals surface area contributed by atoms with Gasteiger partial charge in [-0.15, -0.1) is 0 Å². The molecule has 0 amide bonds. The van der Waals surface area contributed by atoms with Crippen molar-refractivity contribution >= 4 is 52.1 Å². The Hall–Kier alpha value is -2.01. The summed E-state index contributed by atoms with van der Waals surface area (Å²) in [7, 11) is 0. The average Bonchev–Trinajstić information content (AvgIpc) is 2.57. The minimum Gasteiger partial charge on any atom is -0.332 e. The van der Waals surface area contributed by atoms with Crippen LogP contribution in [-0.4, -0.2) is 5.11 Å². The molecule has 3 aromatic rings. The summed E-state index contributed by atoms with van der Waals surface area (Å²) in [5.41, 5.74) is 1.82. The van der Waals surface area contributed by atoms with Gasteiger partial charge in [0, 0.05) is 20.5 Å². The van der Waals surface area contributed by atoms with Crippen LogP contribution in [0.1, 0.15) is 0 Å². The van der Waals surface area contributed by atoms with Crippen LogP contribution >= 0.6 is 35.6 Å². The van der Waals surface area contributed by atoms with E-state index in [9.17, 15) is 0 Å². The second kappa shape index (κ2) is 8.20. The van der Waals surface area contributed by atoms with Gasteiger partial charge in [-0.3, -0.25) is 0 Å². The fourth-order valence-electron chi connectivity index (χ4n) is 2.13. The third kappa shape index (κ3) is 4.74. The van der Waals surface area contributed by atoms with Gasteiger partial charge >= 0.3 is 0 Å². The molecule has 24 heavy (non-hydrogen) atoms. The Morgan fingerprint density at radius 3 is 2.38 bits per heavy atom. The van der Waals surface area contributed by atoms with Crippen molar-refractivity contribution in [1.29, 1.82) is 0 Å². The van der Waals surface area contributed by atoms with Crippen LogP contribution < -0.4 is 10.6 Å². The van der Waals surface area contributed by atoms with Gasteiger partial charge in [-0.1, -0.05) is 59.8 Å². The first-order valence-electron chi connectivity index (χ1n) is 7.36. The van der Waals surface area contributed by atoms with Crippen molar-refractivity contribution in [3.05, 3.63) is 83.9 Å². The SMILES string of the molecule is S=C(Nc1cccc(Cl)c1)Nc1ccccc1Sc1ccccc1. The Kier molecular flexibility index (Phi) is 5.75. The zero-order valence-electron chi connectivity index (χ0n) is 12.7. The van der Waals surface area contributed by atoms with Crippen molar-refractivity contribution < 1.29 is 0 Å². The minimum absolute atomic E-state index is 0.526. The third-order valence-corrected chi connectivity index (χ3v) is 4.71. The molecule has 0 unspecified atom stereocenters. The average molecular weight is 371 g/mol. The molecule has 0 heterocycles. The van der Waals surface area contributed by atoms with Crippen LogP contribution in [0.5, 0.6) is 0 Å². The summed E-state index contributed by atoms with van der Waals surface area (Å²) in [5, 5.41) is 7.60. The number of halogens is 1. The van der Waals surface area contributed by atoms with Crippen molar-refractivity contribution in [2.24, 2.45) is 0 Å². The molecule has 3 rings (SSSR count).